The Labute approximate surface area is 121 Å². The monoisotopic (exact) mass is 292 g/mol. The number of thiophene rings is 1. The van der Waals surface area contributed by atoms with Gasteiger partial charge in [-0.3, -0.25) is 10.1 Å². The molecule has 2 aromatic heterocycles. The molecule has 0 aliphatic heterocycles. The first kappa shape index (κ1) is 14.4. The van der Waals surface area contributed by atoms with Crippen molar-refractivity contribution in [3.05, 3.63) is 50.8 Å². The maximum atomic E-state index is 10.6. The van der Waals surface area contributed by atoms with Gasteiger partial charge in [-0.2, -0.15) is 0 Å². The molecule has 106 valence electrons. The van der Waals surface area contributed by atoms with E-state index in [2.05, 4.69) is 26.6 Å². The fourth-order valence-electron chi connectivity index (χ4n) is 1.82. The standard InChI is InChI=1S/C13H16N4O2S/c1-16(2)11(12-4-3-7-20-12)9-15-13-6-5-10(8-14-13)17(18)19/h3-8,11H,9H2,1-2H3,(H,14,15)/t11-/m0/s1. The van der Waals surface area contributed by atoms with Crippen molar-refractivity contribution in [3.8, 4) is 0 Å². The smallest absolute Gasteiger partial charge is 0.287 e. The second-order valence-corrected chi connectivity index (χ2v) is 5.51. The van der Waals surface area contributed by atoms with Crippen LogP contribution in [0.25, 0.3) is 0 Å². The summed E-state index contributed by atoms with van der Waals surface area (Å²) >= 11 is 1.71. The van der Waals surface area contributed by atoms with Crippen LogP contribution in [-0.4, -0.2) is 35.4 Å². The van der Waals surface area contributed by atoms with Gasteiger partial charge in [-0.05, 0) is 31.6 Å². The summed E-state index contributed by atoms with van der Waals surface area (Å²) in [6, 6.07) is 7.44. The molecular formula is C13H16N4O2S. The van der Waals surface area contributed by atoms with Crippen LogP contribution < -0.4 is 5.32 Å². The molecule has 2 rings (SSSR count). The summed E-state index contributed by atoms with van der Waals surface area (Å²) in [5.74, 6) is 0.638. The quantitative estimate of drug-likeness (QED) is 0.655. The van der Waals surface area contributed by atoms with Gasteiger partial charge in [-0.1, -0.05) is 6.07 Å². The molecule has 0 unspecified atom stereocenters. The summed E-state index contributed by atoms with van der Waals surface area (Å²) in [6.07, 6.45) is 1.26. The number of aromatic nitrogens is 1. The molecule has 6 nitrogen and oxygen atoms in total. The van der Waals surface area contributed by atoms with E-state index in [0.717, 1.165) is 0 Å². The number of anilines is 1. The van der Waals surface area contributed by atoms with Crippen LogP contribution in [0.2, 0.25) is 0 Å². The van der Waals surface area contributed by atoms with Crippen LogP contribution >= 0.6 is 11.3 Å². The zero-order valence-electron chi connectivity index (χ0n) is 11.3. The van der Waals surface area contributed by atoms with Gasteiger partial charge in [0.2, 0.25) is 0 Å². The van der Waals surface area contributed by atoms with Crippen LogP contribution in [0.15, 0.2) is 35.8 Å². The van der Waals surface area contributed by atoms with Crippen molar-refractivity contribution >= 4 is 22.8 Å². The summed E-state index contributed by atoms with van der Waals surface area (Å²) in [4.78, 5) is 17.6. The fraction of sp³-hybridized carbons (Fsp3) is 0.308. The van der Waals surface area contributed by atoms with Crippen LogP contribution in [0.1, 0.15) is 10.9 Å². The van der Waals surface area contributed by atoms with Crippen LogP contribution in [0, 0.1) is 10.1 Å². The van der Waals surface area contributed by atoms with Crippen molar-refractivity contribution in [1.29, 1.82) is 0 Å². The Hall–Kier alpha value is -1.99. The van der Waals surface area contributed by atoms with E-state index in [4.69, 9.17) is 0 Å². The van der Waals surface area contributed by atoms with Crippen LogP contribution in [0.5, 0.6) is 0 Å². The number of hydrogen-bond donors (Lipinski definition) is 1. The van der Waals surface area contributed by atoms with Crippen molar-refractivity contribution in [2.24, 2.45) is 0 Å². The van der Waals surface area contributed by atoms with E-state index < -0.39 is 4.92 Å². The lowest BCUT2D eigenvalue weighted by atomic mass is 10.2. The predicted molar refractivity (Wildman–Crippen MR) is 80.1 cm³/mol. The van der Waals surface area contributed by atoms with Gasteiger partial charge in [0.05, 0.1) is 11.0 Å². The molecule has 0 bridgehead atoms. The lowest BCUT2D eigenvalue weighted by Gasteiger charge is -2.23. The highest BCUT2D eigenvalue weighted by molar-refractivity contribution is 7.10. The van der Waals surface area contributed by atoms with Crippen molar-refractivity contribution in [2.75, 3.05) is 26.0 Å². The molecule has 2 heterocycles. The average Bonchev–Trinajstić information content (AvgIpc) is 2.93. The Morgan fingerprint density at radius 2 is 2.25 bits per heavy atom. The van der Waals surface area contributed by atoms with E-state index in [1.54, 1.807) is 17.4 Å². The minimum atomic E-state index is -0.453. The highest BCUT2D eigenvalue weighted by Gasteiger charge is 2.15. The van der Waals surface area contributed by atoms with Gasteiger partial charge in [-0.25, -0.2) is 4.98 Å². The number of hydrogen-bond acceptors (Lipinski definition) is 6. The number of nitro groups is 1. The van der Waals surface area contributed by atoms with E-state index in [-0.39, 0.29) is 11.7 Å². The lowest BCUT2D eigenvalue weighted by Crippen LogP contribution is -2.26. The molecule has 0 aromatic carbocycles. The molecule has 2 aromatic rings. The largest absolute Gasteiger partial charge is 0.368 e. The summed E-state index contributed by atoms with van der Waals surface area (Å²) in [6.45, 7) is 0.693. The van der Waals surface area contributed by atoms with Crippen LogP contribution in [0.3, 0.4) is 0 Å². The van der Waals surface area contributed by atoms with Gasteiger partial charge in [0.25, 0.3) is 5.69 Å². The maximum Gasteiger partial charge on any atom is 0.287 e. The molecular weight excluding hydrogens is 276 g/mol. The third-order valence-electron chi connectivity index (χ3n) is 2.93. The van der Waals surface area contributed by atoms with Gasteiger partial charge in [-0.15, -0.1) is 11.3 Å². The summed E-state index contributed by atoms with van der Waals surface area (Å²) in [5.41, 5.74) is -0.00188. The van der Waals surface area contributed by atoms with Gasteiger partial charge in [0, 0.05) is 17.5 Å². The summed E-state index contributed by atoms with van der Waals surface area (Å²) in [5, 5.41) is 15.8. The van der Waals surface area contributed by atoms with E-state index in [1.807, 2.05) is 20.2 Å². The first-order valence-corrected chi connectivity index (χ1v) is 7.00. The molecule has 0 saturated heterocycles. The third-order valence-corrected chi connectivity index (χ3v) is 3.90. The van der Waals surface area contributed by atoms with Gasteiger partial charge < -0.3 is 10.2 Å². The second kappa shape index (κ2) is 6.44. The zero-order valence-corrected chi connectivity index (χ0v) is 12.1. The molecule has 0 aliphatic rings. The Kier molecular flexibility index (Phi) is 4.65. The number of pyridine rings is 1. The molecule has 1 atom stereocenters. The van der Waals surface area contributed by atoms with E-state index in [1.165, 1.54) is 17.1 Å². The first-order chi connectivity index (χ1) is 9.58. The molecule has 0 radical (unpaired) electrons. The lowest BCUT2D eigenvalue weighted by molar-refractivity contribution is -0.385. The van der Waals surface area contributed by atoms with Gasteiger partial charge in [0.15, 0.2) is 0 Å². The van der Waals surface area contributed by atoms with Gasteiger partial charge in [0.1, 0.15) is 12.0 Å². The minimum Gasteiger partial charge on any atom is -0.368 e. The predicted octanol–water partition coefficient (Wildman–Crippen LogP) is 2.77. The Morgan fingerprint density at radius 3 is 2.75 bits per heavy atom. The normalized spacial score (nSPS) is 12.3. The SMILES string of the molecule is CN(C)[C@@H](CNc1ccc([N+](=O)[O-])cn1)c1cccs1. The minimum absolute atomic E-state index is 0.00188. The molecule has 0 aliphatic carbocycles. The number of rotatable bonds is 6. The first-order valence-electron chi connectivity index (χ1n) is 6.12. The summed E-state index contributed by atoms with van der Waals surface area (Å²) < 4.78 is 0. The zero-order chi connectivity index (χ0) is 14.5. The number of likely N-dealkylation sites (N-methyl/N-ethyl adjacent to an activating group) is 1. The topological polar surface area (TPSA) is 71.3 Å². The summed E-state index contributed by atoms with van der Waals surface area (Å²) in [7, 11) is 4.05. The van der Waals surface area contributed by atoms with Gasteiger partial charge >= 0.3 is 0 Å². The average molecular weight is 292 g/mol. The van der Waals surface area contributed by atoms with Crippen molar-refractivity contribution < 1.29 is 4.92 Å². The molecule has 0 amide bonds. The van der Waals surface area contributed by atoms with Crippen LogP contribution in [0.4, 0.5) is 11.5 Å². The molecule has 0 spiro atoms. The van der Waals surface area contributed by atoms with E-state index in [9.17, 15) is 10.1 Å². The molecule has 0 saturated carbocycles. The molecule has 20 heavy (non-hydrogen) atoms. The molecule has 7 heteroatoms. The second-order valence-electron chi connectivity index (χ2n) is 4.53. The fourth-order valence-corrected chi connectivity index (χ4v) is 2.74. The number of nitrogens with zero attached hydrogens (tertiary/aromatic N) is 3. The maximum absolute atomic E-state index is 10.6. The Morgan fingerprint density at radius 1 is 1.45 bits per heavy atom. The van der Waals surface area contributed by atoms with Crippen molar-refractivity contribution in [1.82, 2.24) is 9.88 Å². The molecule has 0 fully saturated rings. The van der Waals surface area contributed by atoms with Crippen molar-refractivity contribution in [3.63, 3.8) is 0 Å². The highest BCUT2D eigenvalue weighted by atomic mass is 32.1. The van der Waals surface area contributed by atoms with Crippen molar-refractivity contribution in [2.45, 2.75) is 6.04 Å². The Balaban J connectivity index is 2.01. The molecule has 1 N–H and O–H groups in total. The Bertz CT molecular complexity index is 554. The van der Waals surface area contributed by atoms with Crippen LogP contribution in [-0.2, 0) is 0 Å². The van der Waals surface area contributed by atoms with E-state index >= 15 is 0 Å². The third kappa shape index (κ3) is 3.52. The highest BCUT2D eigenvalue weighted by Crippen LogP contribution is 2.23. The number of nitrogens with one attached hydrogen (secondary N) is 1. The van der Waals surface area contributed by atoms with E-state index in [0.29, 0.717) is 12.4 Å².